The molecule has 112 valence electrons. The molecule has 0 aromatic carbocycles. The number of aromatic nitrogens is 1. The second kappa shape index (κ2) is 6.10. The molecule has 20 heavy (non-hydrogen) atoms. The molecule has 0 aliphatic carbocycles. The van der Waals surface area contributed by atoms with Gasteiger partial charge in [0, 0.05) is 31.4 Å². The Morgan fingerprint density at radius 3 is 2.80 bits per heavy atom. The molecule has 0 spiro atoms. The number of nitrogens with one attached hydrogen (secondary N) is 1. The van der Waals surface area contributed by atoms with E-state index in [1.54, 1.807) is 0 Å². The summed E-state index contributed by atoms with van der Waals surface area (Å²) in [5.41, 5.74) is 2.51. The zero-order valence-electron chi connectivity index (χ0n) is 13.1. The van der Waals surface area contributed by atoms with Crippen LogP contribution in [0.3, 0.4) is 0 Å². The van der Waals surface area contributed by atoms with Gasteiger partial charge >= 0.3 is 0 Å². The van der Waals surface area contributed by atoms with Crippen LogP contribution in [0.2, 0.25) is 0 Å². The summed E-state index contributed by atoms with van der Waals surface area (Å²) in [6.45, 7) is 11.1. The van der Waals surface area contributed by atoms with Crippen molar-refractivity contribution in [1.29, 1.82) is 0 Å². The van der Waals surface area contributed by atoms with Gasteiger partial charge in [0.05, 0.1) is 6.10 Å². The third-order valence-corrected chi connectivity index (χ3v) is 3.63. The highest BCUT2D eigenvalue weighted by Crippen LogP contribution is 2.22. The Morgan fingerprint density at radius 1 is 1.45 bits per heavy atom. The van der Waals surface area contributed by atoms with Crippen LogP contribution in [0.25, 0.3) is 0 Å². The fourth-order valence-electron chi connectivity index (χ4n) is 2.57. The lowest BCUT2D eigenvalue weighted by atomic mass is 10.1. The highest BCUT2D eigenvalue weighted by atomic mass is 16.3. The van der Waals surface area contributed by atoms with Crippen LogP contribution in [-0.4, -0.2) is 34.8 Å². The molecule has 1 atom stereocenters. The molecular weight excluding hydrogens is 250 g/mol. The minimum atomic E-state index is -0.216. The average Bonchev–Trinajstić information content (AvgIpc) is 2.35. The SMILES string of the molecule is Cc1cc(CNC(C)(C)C)cnc1N1CCCC(O)C1. The zero-order valence-corrected chi connectivity index (χ0v) is 13.1. The number of pyridine rings is 1. The van der Waals surface area contributed by atoms with Gasteiger partial charge in [-0.15, -0.1) is 0 Å². The summed E-state index contributed by atoms with van der Waals surface area (Å²) in [5, 5.41) is 13.3. The molecule has 1 aliphatic heterocycles. The fourth-order valence-corrected chi connectivity index (χ4v) is 2.57. The summed E-state index contributed by atoms with van der Waals surface area (Å²) in [7, 11) is 0. The maximum absolute atomic E-state index is 9.78. The number of hydrogen-bond acceptors (Lipinski definition) is 4. The lowest BCUT2D eigenvalue weighted by Crippen LogP contribution is -2.39. The van der Waals surface area contributed by atoms with Crippen molar-refractivity contribution in [3.05, 3.63) is 23.4 Å². The van der Waals surface area contributed by atoms with Gasteiger partial charge in [-0.2, -0.15) is 0 Å². The van der Waals surface area contributed by atoms with Crippen molar-refractivity contribution in [3.8, 4) is 0 Å². The number of hydrogen-bond donors (Lipinski definition) is 2. The van der Waals surface area contributed by atoms with Crippen molar-refractivity contribution >= 4 is 5.82 Å². The molecule has 0 saturated carbocycles. The smallest absolute Gasteiger partial charge is 0.131 e. The van der Waals surface area contributed by atoms with E-state index >= 15 is 0 Å². The number of nitrogens with zero attached hydrogens (tertiary/aromatic N) is 2. The van der Waals surface area contributed by atoms with Crippen molar-refractivity contribution in [1.82, 2.24) is 10.3 Å². The van der Waals surface area contributed by atoms with Crippen molar-refractivity contribution in [3.63, 3.8) is 0 Å². The van der Waals surface area contributed by atoms with Gasteiger partial charge in [-0.05, 0) is 57.7 Å². The monoisotopic (exact) mass is 277 g/mol. The van der Waals surface area contributed by atoms with Gasteiger partial charge < -0.3 is 15.3 Å². The summed E-state index contributed by atoms with van der Waals surface area (Å²) < 4.78 is 0. The molecule has 4 heteroatoms. The van der Waals surface area contributed by atoms with E-state index in [4.69, 9.17) is 0 Å². The Kier molecular flexibility index (Phi) is 4.66. The van der Waals surface area contributed by atoms with Crippen LogP contribution in [0.4, 0.5) is 5.82 Å². The van der Waals surface area contributed by atoms with Crippen LogP contribution < -0.4 is 10.2 Å². The maximum Gasteiger partial charge on any atom is 0.131 e. The highest BCUT2D eigenvalue weighted by molar-refractivity contribution is 5.47. The van der Waals surface area contributed by atoms with E-state index in [1.807, 2.05) is 6.20 Å². The van der Waals surface area contributed by atoms with Gasteiger partial charge in [0.1, 0.15) is 5.82 Å². The van der Waals surface area contributed by atoms with Gasteiger partial charge in [-0.3, -0.25) is 0 Å². The van der Waals surface area contributed by atoms with E-state index in [0.717, 1.165) is 31.7 Å². The molecule has 0 radical (unpaired) electrons. The molecule has 1 saturated heterocycles. The zero-order chi connectivity index (χ0) is 14.8. The van der Waals surface area contributed by atoms with Crippen LogP contribution in [0.1, 0.15) is 44.7 Å². The third kappa shape index (κ3) is 4.18. The van der Waals surface area contributed by atoms with Gasteiger partial charge in [0.15, 0.2) is 0 Å². The molecule has 1 unspecified atom stereocenters. The normalized spacial score (nSPS) is 20.2. The molecule has 1 aromatic rings. The van der Waals surface area contributed by atoms with E-state index in [2.05, 4.69) is 49.0 Å². The van der Waals surface area contributed by atoms with Crippen LogP contribution in [0, 0.1) is 6.92 Å². The number of aliphatic hydroxyl groups is 1. The number of rotatable bonds is 3. The number of aliphatic hydroxyl groups excluding tert-OH is 1. The van der Waals surface area contributed by atoms with Crippen molar-refractivity contribution in [2.75, 3.05) is 18.0 Å². The molecule has 2 heterocycles. The Labute approximate surface area is 122 Å². The number of piperidine rings is 1. The van der Waals surface area contributed by atoms with Gasteiger partial charge in [-0.1, -0.05) is 0 Å². The first-order valence-electron chi connectivity index (χ1n) is 7.49. The van der Waals surface area contributed by atoms with Crippen LogP contribution in [-0.2, 0) is 6.54 Å². The van der Waals surface area contributed by atoms with Gasteiger partial charge in [0.2, 0.25) is 0 Å². The van der Waals surface area contributed by atoms with Crippen LogP contribution in [0.5, 0.6) is 0 Å². The van der Waals surface area contributed by atoms with Gasteiger partial charge in [0.25, 0.3) is 0 Å². The minimum absolute atomic E-state index is 0.115. The van der Waals surface area contributed by atoms with E-state index in [0.29, 0.717) is 6.54 Å². The number of β-amino-alcohol motifs (C(OH)–C–C–N with tert-alkyl or cyclic N) is 1. The summed E-state index contributed by atoms with van der Waals surface area (Å²) >= 11 is 0. The molecule has 1 fully saturated rings. The van der Waals surface area contributed by atoms with Gasteiger partial charge in [-0.25, -0.2) is 4.98 Å². The Bertz CT molecular complexity index is 454. The predicted octanol–water partition coefficient (Wildman–Crippen LogP) is 2.24. The minimum Gasteiger partial charge on any atom is -0.391 e. The van der Waals surface area contributed by atoms with E-state index in [1.165, 1.54) is 11.1 Å². The Balaban J connectivity index is 2.05. The van der Waals surface area contributed by atoms with E-state index in [-0.39, 0.29) is 11.6 Å². The highest BCUT2D eigenvalue weighted by Gasteiger charge is 2.20. The molecule has 1 aromatic heterocycles. The van der Waals surface area contributed by atoms with Crippen molar-refractivity contribution < 1.29 is 5.11 Å². The van der Waals surface area contributed by atoms with Crippen molar-refractivity contribution in [2.24, 2.45) is 0 Å². The Morgan fingerprint density at radius 2 is 2.20 bits per heavy atom. The van der Waals surface area contributed by atoms with Crippen molar-refractivity contribution in [2.45, 2.75) is 58.7 Å². The fraction of sp³-hybridized carbons (Fsp3) is 0.688. The first-order chi connectivity index (χ1) is 9.35. The Hall–Kier alpha value is -1.13. The molecule has 2 N–H and O–H groups in total. The molecule has 0 bridgehead atoms. The summed E-state index contributed by atoms with van der Waals surface area (Å²) in [6.07, 6.45) is 3.67. The molecule has 2 rings (SSSR count). The van der Waals surface area contributed by atoms with Crippen LogP contribution in [0.15, 0.2) is 12.3 Å². The molecule has 1 aliphatic rings. The molecule has 0 amide bonds. The van der Waals surface area contributed by atoms with Crippen LogP contribution >= 0.6 is 0 Å². The summed E-state index contributed by atoms with van der Waals surface area (Å²) in [5.74, 6) is 1.02. The quantitative estimate of drug-likeness (QED) is 0.889. The lowest BCUT2D eigenvalue weighted by molar-refractivity contribution is 0.154. The van der Waals surface area contributed by atoms with E-state index < -0.39 is 0 Å². The molecule has 4 nitrogen and oxygen atoms in total. The summed E-state index contributed by atoms with van der Waals surface area (Å²) in [4.78, 5) is 6.81. The first-order valence-corrected chi connectivity index (χ1v) is 7.49. The summed E-state index contributed by atoms with van der Waals surface area (Å²) in [6, 6.07) is 2.20. The predicted molar refractivity (Wildman–Crippen MR) is 83.0 cm³/mol. The second-order valence-corrected chi connectivity index (χ2v) is 6.83. The average molecular weight is 277 g/mol. The number of aryl methyl sites for hydroxylation is 1. The molecular formula is C16H27N3O. The standard InChI is InChI=1S/C16H27N3O/c1-12-8-13(10-18-16(2,3)4)9-17-15(12)19-7-5-6-14(20)11-19/h8-9,14,18,20H,5-7,10-11H2,1-4H3. The topological polar surface area (TPSA) is 48.4 Å². The second-order valence-electron chi connectivity index (χ2n) is 6.83. The third-order valence-electron chi connectivity index (χ3n) is 3.63. The number of anilines is 1. The maximum atomic E-state index is 9.78. The van der Waals surface area contributed by atoms with E-state index in [9.17, 15) is 5.11 Å². The lowest BCUT2D eigenvalue weighted by Gasteiger charge is -2.32. The largest absolute Gasteiger partial charge is 0.391 e. The first kappa shape index (κ1) is 15.3.